The van der Waals surface area contributed by atoms with Crippen LogP contribution in [0.2, 0.25) is 0 Å². The van der Waals surface area contributed by atoms with Crippen molar-refractivity contribution >= 4 is 27.3 Å². The van der Waals surface area contributed by atoms with Crippen LogP contribution in [0.25, 0.3) is 0 Å². The first-order valence-electron chi connectivity index (χ1n) is 8.59. The number of carbonyl (C=O) groups excluding carboxylic acids is 1. The first kappa shape index (κ1) is 17.8. The Hall–Kier alpha value is -0.960. The standard InChI is InChI=1S/C16H25N3O3S2/c1-2-17-9-11-18(12-10-17)15(20)13-14-5-6-16(23-14)24(21,22)19-7-3-4-8-19/h5-6H,2-4,7-13H2,1H3. The van der Waals surface area contributed by atoms with Crippen molar-refractivity contribution in [3.63, 3.8) is 0 Å². The third kappa shape index (κ3) is 3.82. The van der Waals surface area contributed by atoms with Crippen LogP contribution in [-0.4, -0.2) is 74.2 Å². The smallest absolute Gasteiger partial charge is 0.252 e. The molecule has 0 radical (unpaired) electrons. The third-order valence-corrected chi connectivity index (χ3v) is 8.25. The number of amides is 1. The molecule has 6 nitrogen and oxygen atoms in total. The molecule has 134 valence electrons. The highest BCUT2D eigenvalue weighted by molar-refractivity contribution is 7.91. The number of rotatable bonds is 5. The molecule has 0 unspecified atom stereocenters. The van der Waals surface area contributed by atoms with Crippen molar-refractivity contribution < 1.29 is 13.2 Å². The summed E-state index contributed by atoms with van der Waals surface area (Å²) in [5.74, 6) is 0.0951. The fourth-order valence-electron chi connectivity index (χ4n) is 3.22. The molecule has 8 heteroatoms. The number of nitrogens with zero attached hydrogens (tertiary/aromatic N) is 3. The van der Waals surface area contributed by atoms with Crippen molar-refractivity contribution in [3.8, 4) is 0 Å². The molecular weight excluding hydrogens is 346 g/mol. The Morgan fingerprint density at radius 3 is 2.38 bits per heavy atom. The number of thiophene rings is 1. The van der Waals surface area contributed by atoms with Gasteiger partial charge in [0.2, 0.25) is 5.91 Å². The van der Waals surface area contributed by atoms with Gasteiger partial charge >= 0.3 is 0 Å². The van der Waals surface area contributed by atoms with Gasteiger partial charge in [-0.25, -0.2) is 8.42 Å². The van der Waals surface area contributed by atoms with Crippen molar-refractivity contribution in [3.05, 3.63) is 17.0 Å². The Kier molecular flexibility index (Phi) is 5.59. The predicted molar refractivity (Wildman–Crippen MR) is 94.7 cm³/mol. The van der Waals surface area contributed by atoms with Gasteiger partial charge in [-0.2, -0.15) is 4.31 Å². The van der Waals surface area contributed by atoms with E-state index in [0.29, 0.717) is 23.7 Å². The van der Waals surface area contributed by atoms with Gasteiger partial charge in [0.15, 0.2) is 0 Å². The van der Waals surface area contributed by atoms with E-state index in [4.69, 9.17) is 0 Å². The molecule has 1 aromatic heterocycles. The van der Waals surface area contributed by atoms with Gasteiger partial charge in [-0.05, 0) is 31.5 Å². The number of sulfonamides is 1. The summed E-state index contributed by atoms with van der Waals surface area (Å²) in [5.41, 5.74) is 0. The zero-order valence-corrected chi connectivity index (χ0v) is 15.7. The van der Waals surface area contributed by atoms with Gasteiger partial charge in [0.1, 0.15) is 4.21 Å². The lowest BCUT2D eigenvalue weighted by atomic mass is 10.2. The van der Waals surface area contributed by atoms with Gasteiger partial charge in [-0.1, -0.05) is 6.92 Å². The molecule has 0 aliphatic carbocycles. The summed E-state index contributed by atoms with van der Waals surface area (Å²) in [6.45, 7) is 7.72. The van der Waals surface area contributed by atoms with Crippen LogP contribution in [0.3, 0.4) is 0 Å². The van der Waals surface area contributed by atoms with Crippen molar-refractivity contribution in [1.82, 2.24) is 14.1 Å². The van der Waals surface area contributed by atoms with Gasteiger partial charge in [-0.3, -0.25) is 4.79 Å². The Morgan fingerprint density at radius 2 is 1.75 bits per heavy atom. The quantitative estimate of drug-likeness (QED) is 0.781. The average Bonchev–Trinajstić information content (AvgIpc) is 3.27. The maximum Gasteiger partial charge on any atom is 0.252 e. The summed E-state index contributed by atoms with van der Waals surface area (Å²) < 4.78 is 27.0. The van der Waals surface area contributed by atoms with Crippen molar-refractivity contribution in [1.29, 1.82) is 0 Å². The van der Waals surface area contributed by atoms with Gasteiger partial charge in [0, 0.05) is 44.1 Å². The Morgan fingerprint density at radius 1 is 1.08 bits per heavy atom. The third-order valence-electron chi connectivity index (χ3n) is 4.79. The number of likely N-dealkylation sites (N-methyl/N-ethyl adjacent to an activating group) is 1. The van der Waals surface area contributed by atoms with Crippen LogP contribution in [-0.2, 0) is 21.2 Å². The van der Waals surface area contributed by atoms with Crippen LogP contribution < -0.4 is 0 Å². The highest BCUT2D eigenvalue weighted by Crippen LogP contribution is 2.27. The molecule has 0 N–H and O–H groups in total. The van der Waals surface area contributed by atoms with E-state index in [1.54, 1.807) is 16.4 Å². The summed E-state index contributed by atoms with van der Waals surface area (Å²) in [6, 6.07) is 3.43. The van der Waals surface area contributed by atoms with Crippen LogP contribution in [0.15, 0.2) is 16.3 Å². The second-order valence-electron chi connectivity index (χ2n) is 6.32. The zero-order valence-electron chi connectivity index (χ0n) is 14.1. The van der Waals surface area contributed by atoms with Crippen molar-refractivity contribution in [2.24, 2.45) is 0 Å². The van der Waals surface area contributed by atoms with E-state index in [2.05, 4.69) is 11.8 Å². The minimum atomic E-state index is -3.37. The Bertz CT molecular complexity index is 672. The molecule has 3 rings (SSSR count). The number of piperazine rings is 1. The van der Waals surface area contributed by atoms with E-state index in [-0.39, 0.29) is 5.91 Å². The highest BCUT2D eigenvalue weighted by atomic mass is 32.2. The molecular formula is C16H25N3O3S2. The van der Waals surface area contributed by atoms with Gasteiger partial charge < -0.3 is 9.80 Å². The molecule has 2 saturated heterocycles. The summed E-state index contributed by atoms with van der Waals surface area (Å²) >= 11 is 1.24. The van der Waals surface area contributed by atoms with Crippen LogP contribution in [0, 0.1) is 0 Å². The van der Waals surface area contributed by atoms with E-state index in [0.717, 1.165) is 50.4 Å². The lowest BCUT2D eigenvalue weighted by molar-refractivity contribution is -0.132. The molecule has 2 aliphatic rings. The van der Waals surface area contributed by atoms with E-state index in [9.17, 15) is 13.2 Å². The summed E-state index contributed by atoms with van der Waals surface area (Å²) in [7, 11) is -3.37. The largest absolute Gasteiger partial charge is 0.340 e. The van der Waals surface area contributed by atoms with Crippen molar-refractivity contribution in [2.45, 2.75) is 30.4 Å². The van der Waals surface area contributed by atoms with Gasteiger partial charge in [0.25, 0.3) is 10.0 Å². The minimum absolute atomic E-state index is 0.0951. The predicted octanol–water partition coefficient (Wildman–Crippen LogP) is 1.24. The lowest BCUT2D eigenvalue weighted by Crippen LogP contribution is -2.48. The van der Waals surface area contributed by atoms with Gasteiger partial charge in [0.05, 0.1) is 6.42 Å². The van der Waals surface area contributed by atoms with E-state index < -0.39 is 10.0 Å². The topological polar surface area (TPSA) is 60.9 Å². The number of hydrogen-bond acceptors (Lipinski definition) is 5. The first-order chi connectivity index (χ1) is 11.5. The Balaban J connectivity index is 1.61. The number of hydrogen-bond donors (Lipinski definition) is 0. The van der Waals surface area contributed by atoms with Crippen LogP contribution in [0.1, 0.15) is 24.6 Å². The SMILES string of the molecule is CCN1CCN(C(=O)Cc2ccc(S(=O)(=O)N3CCCC3)s2)CC1. The first-order valence-corrected chi connectivity index (χ1v) is 10.9. The van der Waals surface area contributed by atoms with Crippen LogP contribution >= 0.6 is 11.3 Å². The Labute approximate surface area is 148 Å². The maximum atomic E-state index is 12.5. The van der Waals surface area contributed by atoms with E-state index >= 15 is 0 Å². The zero-order chi connectivity index (χ0) is 17.2. The second-order valence-corrected chi connectivity index (χ2v) is 9.66. The maximum absolute atomic E-state index is 12.5. The fraction of sp³-hybridized carbons (Fsp3) is 0.688. The van der Waals surface area contributed by atoms with Crippen LogP contribution in [0.5, 0.6) is 0 Å². The van der Waals surface area contributed by atoms with E-state index in [1.165, 1.54) is 11.3 Å². The molecule has 2 fully saturated rings. The van der Waals surface area contributed by atoms with Crippen LogP contribution in [0.4, 0.5) is 0 Å². The monoisotopic (exact) mass is 371 g/mol. The summed E-state index contributed by atoms with van der Waals surface area (Å²) in [4.78, 5) is 17.5. The molecule has 0 saturated carbocycles. The average molecular weight is 372 g/mol. The summed E-state index contributed by atoms with van der Waals surface area (Å²) in [6.07, 6.45) is 2.16. The van der Waals surface area contributed by atoms with Crippen molar-refractivity contribution in [2.75, 3.05) is 45.8 Å². The lowest BCUT2D eigenvalue weighted by Gasteiger charge is -2.34. The van der Waals surface area contributed by atoms with E-state index in [1.807, 2.05) is 4.90 Å². The molecule has 0 aromatic carbocycles. The molecule has 1 amide bonds. The second kappa shape index (κ2) is 7.51. The molecule has 3 heterocycles. The molecule has 0 spiro atoms. The normalized spacial score (nSPS) is 20.6. The minimum Gasteiger partial charge on any atom is -0.340 e. The molecule has 1 aromatic rings. The highest BCUT2D eigenvalue weighted by Gasteiger charge is 2.29. The molecule has 0 bridgehead atoms. The van der Waals surface area contributed by atoms with Gasteiger partial charge in [-0.15, -0.1) is 11.3 Å². The summed E-state index contributed by atoms with van der Waals surface area (Å²) in [5, 5.41) is 0. The molecule has 24 heavy (non-hydrogen) atoms. The molecule has 0 atom stereocenters. The fourth-order valence-corrected chi connectivity index (χ4v) is 6.24. The number of carbonyl (C=O) groups is 1. The molecule has 2 aliphatic heterocycles.